The number of hydrogen-bond donors (Lipinski definition) is 2. The van der Waals surface area contributed by atoms with Crippen LogP contribution in [0.3, 0.4) is 0 Å². The van der Waals surface area contributed by atoms with E-state index < -0.39 is 14.6 Å². The highest BCUT2D eigenvalue weighted by Gasteiger charge is 2.18. The molecule has 0 saturated heterocycles. The minimum absolute atomic E-state index is 0.190. The van der Waals surface area contributed by atoms with Crippen molar-refractivity contribution in [3.8, 4) is 11.3 Å². The zero-order valence-corrected chi connectivity index (χ0v) is 18.3. The van der Waals surface area contributed by atoms with Crippen molar-refractivity contribution in [3.05, 3.63) is 101 Å². The Morgan fingerprint density at radius 2 is 1.79 bits per heavy atom. The summed E-state index contributed by atoms with van der Waals surface area (Å²) >= 11 is 0. The molecule has 0 spiro atoms. The van der Waals surface area contributed by atoms with E-state index in [2.05, 4.69) is 9.68 Å². The van der Waals surface area contributed by atoms with Crippen LogP contribution in [0, 0.1) is 5.82 Å². The van der Waals surface area contributed by atoms with E-state index in [4.69, 9.17) is 15.2 Å². The van der Waals surface area contributed by atoms with Crippen LogP contribution in [0.2, 0.25) is 0 Å². The molecule has 0 bridgehead atoms. The van der Waals surface area contributed by atoms with Crippen molar-refractivity contribution >= 4 is 13.6 Å². The van der Waals surface area contributed by atoms with Gasteiger partial charge in [-0.3, -0.25) is 14.8 Å². The Morgan fingerprint density at radius 3 is 2.48 bits per heavy atom. The zero-order chi connectivity index (χ0) is 23.4. The lowest BCUT2D eigenvalue weighted by Gasteiger charge is -2.14. The maximum absolute atomic E-state index is 13.4. The first-order chi connectivity index (χ1) is 15.8. The number of hydrogen-bond acceptors (Lipinski definition) is 6. The fourth-order valence-electron chi connectivity index (χ4n) is 3.41. The number of phosphoric acid groups is 1. The van der Waals surface area contributed by atoms with Gasteiger partial charge in [-0.15, -0.1) is 0 Å². The van der Waals surface area contributed by atoms with Crippen LogP contribution in [0.5, 0.6) is 0 Å². The average molecular weight is 469 g/mol. The minimum atomic E-state index is -4.88. The zero-order valence-electron chi connectivity index (χ0n) is 17.4. The Hall–Kier alpha value is -3.36. The number of nitrogens with two attached hydrogens (primary N) is 1. The lowest BCUT2D eigenvalue weighted by Crippen LogP contribution is -2.38. The van der Waals surface area contributed by atoms with Gasteiger partial charge < -0.3 is 14.3 Å². The van der Waals surface area contributed by atoms with Gasteiger partial charge in [0.1, 0.15) is 11.4 Å². The van der Waals surface area contributed by atoms with Crippen molar-refractivity contribution < 1.29 is 32.4 Å². The molecule has 1 atom stereocenters. The van der Waals surface area contributed by atoms with Gasteiger partial charge in [0.2, 0.25) is 0 Å². The predicted octanol–water partition coefficient (Wildman–Crippen LogP) is 2.97. The van der Waals surface area contributed by atoms with Crippen LogP contribution in [0.1, 0.15) is 22.4 Å². The lowest BCUT2D eigenvalue weighted by atomic mass is 10.0. The maximum atomic E-state index is 13.4. The summed E-state index contributed by atoms with van der Waals surface area (Å²) in [4.78, 5) is 19.6. The molecular weight excluding hydrogens is 448 g/mol. The van der Waals surface area contributed by atoms with Gasteiger partial charge >= 0.3 is 0 Å². The molecule has 0 aliphatic heterocycles. The first-order valence-electron chi connectivity index (χ1n) is 10.0. The van der Waals surface area contributed by atoms with Gasteiger partial charge in [-0.05, 0) is 47.4 Å². The van der Waals surface area contributed by atoms with Gasteiger partial charge in [0.25, 0.3) is 13.6 Å². The summed E-state index contributed by atoms with van der Waals surface area (Å²) in [5.41, 5.74) is 10.3. The second-order valence-corrected chi connectivity index (χ2v) is 8.68. The summed E-state index contributed by atoms with van der Waals surface area (Å²) in [6.07, 6.45) is 2.68. The number of anilines is 1. The number of nitrogens with zero attached hydrogens (tertiary/aromatic N) is 2. The fourth-order valence-corrected chi connectivity index (χ4v) is 3.68. The van der Waals surface area contributed by atoms with Crippen LogP contribution < -0.4 is 15.2 Å². The second-order valence-electron chi connectivity index (χ2n) is 7.49. The van der Waals surface area contributed by atoms with E-state index in [0.717, 1.165) is 16.7 Å². The maximum Gasteiger partial charge on any atom is 0.285 e. The minimum Gasteiger partial charge on any atom is -0.756 e. The van der Waals surface area contributed by atoms with Crippen molar-refractivity contribution in [2.24, 2.45) is 0 Å². The van der Waals surface area contributed by atoms with Gasteiger partial charge in [-0.25, -0.2) is 8.96 Å². The monoisotopic (exact) mass is 469 g/mol. The molecule has 170 valence electrons. The number of pyridine rings is 1. The van der Waals surface area contributed by atoms with E-state index in [1.54, 1.807) is 24.3 Å². The van der Waals surface area contributed by atoms with Gasteiger partial charge in [-0.2, -0.15) is 0 Å². The molecule has 0 aliphatic carbocycles. The van der Waals surface area contributed by atoms with Crippen LogP contribution in [0.15, 0.2) is 77.4 Å². The van der Waals surface area contributed by atoms with E-state index >= 15 is 0 Å². The molecule has 2 aromatic carbocycles. The average Bonchev–Trinajstić information content (AvgIpc) is 3.22. The highest BCUT2D eigenvalue weighted by Crippen LogP contribution is 2.30. The molecule has 0 radical (unpaired) electrons. The molecule has 33 heavy (non-hydrogen) atoms. The van der Waals surface area contributed by atoms with E-state index in [0.29, 0.717) is 29.9 Å². The predicted molar refractivity (Wildman–Crippen MR) is 116 cm³/mol. The van der Waals surface area contributed by atoms with Gasteiger partial charge in [0.15, 0.2) is 12.5 Å². The third-order valence-electron chi connectivity index (χ3n) is 5.00. The quantitative estimate of drug-likeness (QED) is 0.300. The molecule has 0 saturated carbocycles. The first-order valence-corrected chi connectivity index (χ1v) is 11.5. The first kappa shape index (κ1) is 22.8. The Bertz CT molecular complexity index is 1300. The number of benzene rings is 2. The van der Waals surface area contributed by atoms with Gasteiger partial charge in [0, 0.05) is 12.5 Å². The molecule has 3 N–H and O–H groups in total. The molecule has 0 aliphatic rings. The van der Waals surface area contributed by atoms with Crippen LogP contribution in [0.25, 0.3) is 11.3 Å². The Morgan fingerprint density at radius 1 is 1.06 bits per heavy atom. The third kappa shape index (κ3) is 6.12. The number of aromatic nitrogens is 2. The highest BCUT2D eigenvalue weighted by molar-refractivity contribution is 7.44. The summed E-state index contributed by atoms with van der Waals surface area (Å²) in [5.74, 6) is 0.353. The number of phosphoric ester groups is 1. The standard InChI is InChI=1S/C23H21FN3O5P/c24-19-4-1-3-18(12-19)11-16-6-8-17(9-7-16)13-20-14-22(32-26-20)21-5-2-10-27(23(21)25)15-31-33(28,29)30/h1-10,12,14,25H,11,13,15H2,(H2,28,29,30). The topological polar surface area (TPSA) is 126 Å². The largest absolute Gasteiger partial charge is 0.756 e. The van der Waals surface area contributed by atoms with Crippen molar-refractivity contribution in [2.45, 2.75) is 19.6 Å². The molecule has 10 heteroatoms. The number of rotatable bonds is 8. The van der Waals surface area contributed by atoms with Crippen LogP contribution in [-0.4, -0.2) is 10.1 Å². The Balaban J connectivity index is 1.44. The van der Waals surface area contributed by atoms with Gasteiger partial charge in [0.05, 0.1) is 11.9 Å². The SMILES string of the molecule is Nc1c(-c2cc(Cc3ccc(Cc4cccc(F)c4)cc3)no2)ccc[n+]1COP(=O)([O-])O. The molecule has 2 heterocycles. The van der Waals surface area contributed by atoms with E-state index in [-0.39, 0.29) is 11.6 Å². The fraction of sp³-hybridized carbons (Fsp3) is 0.130. The van der Waals surface area contributed by atoms with Crippen LogP contribution in [-0.2, 0) is 28.7 Å². The molecule has 0 amide bonds. The normalized spacial score (nSPS) is 13.1. The van der Waals surface area contributed by atoms with Crippen molar-refractivity contribution in [3.63, 3.8) is 0 Å². The van der Waals surface area contributed by atoms with Crippen LogP contribution >= 0.6 is 7.82 Å². The van der Waals surface area contributed by atoms with E-state index in [1.807, 2.05) is 30.3 Å². The number of nitrogen functional groups attached to an aromatic ring is 1. The molecule has 1 unspecified atom stereocenters. The molecule has 0 fully saturated rings. The van der Waals surface area contributed by atoms with Crippen molar-refractivity contribution in [1.82, 2.24) is 5.16 Å². The Kier molecular flexibility index (Phi) is 6.67. The summed E-state index contributed by atoms with van der Waals surface area (Å²) in [6, 6.07) is 19.6. The Labute approximate surface area is 189 Å². The second kappa shape index (κ2) is 9.64. The molecular formula is C23H21FN3O5P. The molecule has 8 nitrogen and oxygen atoms in total. The van der Waals surface area contributed by atoms with E-state index in [1.165, 1.54) is 22.9 Å². The highest BCUT2D eigenvalue weighted by atomic mass is 31.2. The number of halogens is 1. The molecule has 4 rings (SSSR count). The molecule has 4 aromatic rings. The third-order valence-corrected chi connectivity index (χ3v) is 5.45. The van der Waals surface area contributed by atoms with E-state index in [9.17, 15) is 13.8 Å². The summed E-state index contributed by atoms with van der Waals surface area (Å²) < 4.78 is 35.4. The van der Waals surface area contributed by atoms with Crippen molar-refractivity contribution in [1.29, 1.82) is 0 Å². The van der Waals surface area contributed by atoms with Crippen molar-refractivity contribution in [2.75, 3.05) is 5.73 Å². The van der Waals surface area contributed by atoms with Crippen LogP contribution in [0.4, 0.5) is 10.2 Å². The molecule has 2 aromatic heterocycles. The van der Waals surface area contributed by atoms with Gasteiger partial charge in [-0.1, -0.05) is 41.6 Å². The summed E-state index contributed by atoms with van der Waals surface area (Å²) in [6.45, 7) is -0.472. The lowest BCUT2D eigenvalue weighted by molar-refractivity contribution is -0.712. The smallest absolute Gasteiger partial charge is 0.285 e. The summed E-state index contributed by atoms with van der Waals surface area (Å²) in [7, 11) is -4.88. The summed E-state index contributed by atoms with van der Waals surface area (Å²) in [5, 5.41) is 4.10.